The molecule has 0 bridgehead atoms. The highest BCUT2D eigenvalue weighted by Gasteiger charge is 2.14. The fraction of sp³-hybridized carbons (Fsp3) is 0.0714. The van der Waals surface area contributed by atoms with E-state index in [0.717, 1.165) is 11.3 Å². The number of nitrogens with zero attached hydrogens (tertiary/aromatic N) is 2. The van der Waals surface area contributed by atoms with Crippen molar-refractivity contribution in [2.24, 2.45) is 0 Å². The van der Waals surface area contributed by atoms with Crippen LogP contribution in [0.4, 0.5) is 5.69 Å². The van der Waals surface area contributed by atoms with E-state index in [1.165, 1.54) is 18.0 Å². The molecule has 0 fully saturated rings. The quantitative estimate of drug-likeness (QED) is 0.576. The molecule has 0 saturated heterocycles. The van der Waals surface area contributed by atoms with Crippen molar-refractivity contribution < 1.29 is 9.53 Å². The molecule has 0 aliphatic heterocycles. The molecule has 1 aromatic carbocycles. The molecule has 0 unspecified atom stereocenters. The number of anilines is 1. The van der Waals surface area contributed by atoms with E-state index in [9.17, 15) is 9.59 Å². The molecule has 21 heavy (non-hydrogen) atoms. The van der Waals surface area contributed by atoms with Crippen molar-refractivity contribution >= 4 is 33.2 Å². The summed E-state index contributed by atoms with van der Waals surface area (Å²) in [6, 6.07) is 8.44. The first kappa shape index (κ1) is 13.3. The highest BCUT2D eigenvalue weighted by atomic mass is 32.1. The summed E-state index contributed by atoms with van der Waals surface area (Å²) in [6.45, 7) is 0. The van der Waals surface area contributed by atoms with Crippen LogP contribution in [0.2, 0.25) is 0 Å². The number of hydrogen-bond donors (Lipinski definition) is 1. The molecule has 0 atom stereocenters. The van der Waals surface area contributed by atoms with Crippen molar-refractivity contribution in [1.82, 2.24) is 9.55 Å². The van der Waals surface area contributed by atoms with E-state index in [2.05, 4.69) is 9.72 Å². The van der Waals surface area contributed by atoms with Crippen LogP contribution in [0, 0.1) is 0 Å². The number of rotatable bonds is 2. The fourth-order valence-corrected chi connectivity index (χ4v) is 2.89. The zero-order valence-corrected chi connectivity index (χ0v) is 11.9. The van der Waals surface area contributed by atoms with Crippen molar-refractivity contribution in [2.75, 3.05) is 12.8 Å². The highest BCUT2D eigenvalue weighted by molar-refractivity contribution is 7.20. The molecular weight excluding hydrogens is 290 g/mol. The molecule has 7 heteroatoms. The number of hydrogen-bond acceptors (Lipinski definition) is 6. The number of thiophene rings is 1. The topological polar surface area (TPSA) is 87.2 Å². The Morgan fingerprint density at radius 3 is 2.71 bits per heavy atom. The van der Waals surface area contributed by atoms with Crippen LogP contribution in [0.5, 0.6) is 0 Å². The Hall–Kier alpha value is -2.67. The summed E-state index contributed by atoms with van der Waals surface area (Å²) >= 11 is 1.07. The predicted molar refractivity (Wildman–Crippen MR) is 81.0 cm³/mol. The summed E-state index contributed by atoms with van der Waals surface area (Å²) in [5, 5.41) is 0. The van der Waals surface area contributed by atoms with Gasteiger partial charge in [0.25, 0.3) is 5.56 Å². The second kappa shape index (κ2) is 5.02. The maximum atomic E-state index is 12.5. The highest BCUT2D eigenvalue weighted by Crippen LogP contribution is 2.22. The first-order chi connectivity index (χ1) is 10.1. The van der Waals surface area contributed by atoms with Gasteiger partial charge in [-0.1, -0.05) is 0 Å². The molecule has 0 spiro atoms. The molecule has 0 saturated carbocycles. The van der Waals surface area contributed by atoms with Crippen molar-refractivity contribution in [2.45, 2.75) is 0 Å². The van der Waals surface area contributed by atoms with E-state index in [0.29, 0.717) is 26.5 Å². The van der Waals surface area contributed by atoms with E-state index in [-0.39, 0.29) is 5.56 Å². The van der Waals surface area contributed by atoms with E-state index in [1.54, 1.807) is 30.3 Å². The number of esters is 1. The zero-order valence-electron chi connectivity index (χ0n) is 11.1. The van der Waals surface area contributed by atoms with E-state index in [1.807, 2.05) is 0 Å². The third-order valence-electron chi connectivity index (χ3n) is 3.00. The first-order valence-electron chi connectivity index (χ1n) is 6.05. The maximum absolute atomic E-state index is 12.5. The van der Waals surface area contributed by atoms with Gasteiger partial charge in [-0.2, -0.15) is 0 Å². The van der Waals surface area contributed by atoms with Gasteiger partial charge in [0, 0.05) is 5.69 Å². The average molecular weight is 301 g/mol. The molecule has 0 radical (unpaired) electrons. The first-order valence-corrected chi connectivity index (χ1v) is 6.87. The lowest BCUT2D eigenvalue weighted by molar-refractivity contribution is 0.0606. The second-order valence-corrected chi connectivity index (χ2v) is 5.38. The molecule has 6 nitrogen and oxygen atoms in total. The molecule has 2 aromatic heterocycles. The van der Waals surface area contributed by atoms with Crippen LogP contribution < -0.4 is 11.3 Å². The monoisotopic (exact) mass is 301 g/mol. The third-order valence-corrected chi connectivity index (χ3v) is 4.09. The molecule has 3 rings (SSSR count). The Morgan fingerprint density at radius 2 is 2.05 bits per heavy atom. The standard InChI is InChI=1S/C14H11N3O3S/c1-20-14(19)11-6-10-12(21-11)13(18)17(7-16-10)9-4-2-8(15)3-5-9/h2-7H,15H2,1H3. The molecule has 0 amide bonds. The van der Waals surface area contributed by atoms with Gasteiger partial charge in [0.2, 0.25) is 0 Å². The largest absolute Gasteiger partial charge is 0.465 e. The van der Waals surface area contributed by atoms with Gasteiger partial charge in [0.15, 0.2) is 0 Å². The van der Waals surface area contributed by atoms with Crippen LogP contribution in [-0.4, -0.2) is 22.6 Å². The summed E-state index contributed by atoms with van der Waals surface area (Å²) < 4.78 is 6.48. The minimum atomic E-state index is -0.476. The van der Waals surface area contributed by atoms with Gasteiger partial charge >= 0.3 is 5.97 Å². The SMILES string of the molecule is COC(=O)c1cc2ncn(-c3ccc(N)cc3)c(=O)c2s1. The van der Waals surface area contributed by atoms with E-state index in [4.69, 9.17) is 5.73 Å². The fourth-order valence-electron chi connectivity index (χ4n) is 1.93. The molecule has 3 aromatic rings. The lowest BCUT2D eigenvalue weighted by atomic mass is 10.3. The van der Waals surface area contributed by atoms with Gasteiger partial charge < -0.3 is 10.5 Å². The van der Waals surface area contributed by atoms with Crippen LogP contribution >= 0.6 is 11.3 Å². The van der Waals surface area contributed by atoms with E-state index < -0.39 is 5.97 Å². The summed E-state index contributed by atoms with van der Waals surface area (Å²) in [6.07, 6.45) is 1.43. The van der Waals surface area contributed by atoms with E-state index >= 15 is 0 Å². The van der Waals surface area contributed by atoms with Crippen LogP contribution in [0.3, 0.4) is 0 Å². The molecule has 0 aliphatic carbocycles. The van der Waals surface area contributed by atoms with Gasteiger partial charge in [-0.15, -0.1) is 11.3 Å². The van der Waals surface area contributed by atoms with Crippen molar-refractivity contribution in [3.8, 4) is 5.69 Å². The van der Waals surface area contributed by atoms with Crippen LogP contribution in [0.15, 0.2) is 41.5 Å². The van der Waals surface area contributed by atoms with Crippen molar-refractivity contribution in [1.29, 1.82) is 0 Å². The average Bonchev–Trinajstić information content (AvgIpc) is 2.93. The number of ether oxygens (including phenoxy) is 1. The molecule has 2 N–H and O–H groups in total. The zero-order chi connectivity index (χ0) is 15.0. The second-order valence-electron chi connectivity index (χ2n) is 4.33. The van der Waals surface area contributed by atoms with Gasteiger partial charge in [0.1, 0.15) is 15.9 Å². The molecule has 106 valence electrons. The minimum Gasteiger partial charge on any atom is -0.465 e. The summed E-state index contributed by atoms with van der Waals surface area (Å²) in [5.74, 6) is -0.476. The summed E-state index contributed by atoms with van der Waals surface area (Å²) in [4.78, 5) is 28.6. The number of fused-ring (bicyclic) bond motifs is 1. The number of nitrogen functional groups attached to an aromatic ring is 1. The molecule has 0 aliphatic rings. The Balaban J connectivity index is 2.18. The van der Waals surface area contributed by atoms with Gasteiger partial charge in [-0.25, -0.2) is 9.78 Å². The van der Waals surface area contributed by atoms with Gasteiger partial charge in [-0.3, -0.25) is 9.36 Å². The lowest BCUT2D eigenvalue weighted by Crippen LogP contribution is -2.17. The Bertz CT molecular complexity index is 881. The number of carbonyl (C=O) groups excluding carboxylic acids is 1. The number of nitrogens with two attached hydrogens (primary N) is 1. The van der Waals surface area contributed by atoms with Gasteiger partial charge in [-0.05, 0) is 30.3 Å². The number of aromatic nitrogens is 2. The van der Waals surface area contributed by atoms with Crippen molar-refractivity contribution in [3.63, 3.8) is 0 Å². The molecular formula is C14H11N3O3S. The van der Waals surface area contributed by atoms with Crippen LogP contribution in [-0.2, 0) is 4.74 Å². The Kier molecular flexibility index (Phi) is 3.19. The summed E-state index contributed by atoms with van der Waals surface area (Å²) in [7, 11) is 1.30. The third kappa shape index (κ3) is 2.27. The van der Waals surface area contributed by atoms with Crippen LogP contribution in [0.1, 0.15) is 9.67 Å². The summed E-state index contributed by atoms with van der Waals surface area (Å²) in [5.41, 5.74) is 7.16. The van der Waals surface area contributed by atoms with Crippen LogP contribution in [0.25, 0.3) is 15.9 Å². The Labute approximate surface area is 123 Å². The smallest absolute Gasteiger partial charge is 0.348 e. The van der Waals surface area contributed by atoms with Crippen molar-refractivity contribution in [3.05, 3.63) is 51.9 Å². The lowest BCUT2D eigenvalue weighted by Gasteiger charge is -2.04. The van der Waals surface area contributed by atoms with Gasteiger partial charge in [0.05, 0.1) is 18.3 Å². The Morgan fingerprint density at radius 1 is 1.33 bits per heavy atom. The normalized spacial score (nSPS) is 10.7. The predicted octanol–water partition coefficient (Wildman–Crippen LogP) is 1.82. The molecule has 2 heterocycles. The minimum absolute atomic E-state index is 0.232. The number of methoxy groups -OCH3 is 1. The number of carbonyl (C=O) groups is 1. The maximum Gasteiger partial charge on any atom is 0.348 e. The number of benzene rings is 1.